The van der Waals surface area contributed by atoms with E-state index in [9.17, 15) is 4.79 Å². The molecule has 2 heterocycles. The van der Waals surface area contributed by atoms with Gasteiger partial charge in [0.2, 0.25) is 5.91 Å². The van der Waals surface area contributed by atoms with E-state index < -0.39 is 0 Å². The van der Waals surface area contributed by atoms with Crippen molar-refractivity contribution < 1.29 is 4.79 Å². The van der Waals surface area contributed by atoms with Gasteiger partial charge in [0, 0.05) is 24.8 Å². The molecule has 1 amide bonds. The minimum Gasteiger partial charge on any atom is -0.352 e. The van der Waals surface area contributed by atoms with Gasteiger partial charge in [0.25, 0.3) is 0 Å². The number of rotatable bonds is 5. The van der Waals surface area contributed by atoms with E-state index in [1.54, 1.807) is 4.68 Å². The lowest BCUT2D eigenvalue weighted by atomic mass is 10.1. The third-order valence-electron chi connectivity index (χ3n) is 4.04. The van der Waals surface area contributed by atoms with Crippen LogP contribution in [0.25, 0.3) is 5.69 Å². The number of nitrogens with zero attached hydrogens (tertiary/aromatic N) is 6. The van der Waals surface area contributed by atoms with Crippen LogP contribution in [-0.4, -0.2) is 35.9 Å². The van der Waals surface area contributed by atoms with Gasteiger partial charge in [0.05, 0.1) is 17.8 Å². The van der Waals surface area contributed by atoms with Gasteiger partial charge in [-0.1, -0.05) is 12.1 Å². The van der Waals surface area contributed by atoms with Crippen molar-refractivity contribution in [1.29, 1.82) is 0 Å². The van der Waals surface area contributed by atoms with Crippen molar-refractivity contribution in [3.8, 4) is 5.69 Å². The summed E-state index contributed by atoms with van der Waals surface area (Å²) in [6.45, 7) is 4.44. The zero-order chi connectivity index (χ0) is 17.1. The van der Waals surface area contributed by atoms with E-state index in [0.29, 0.717) is 13.0 Å². The van der Waals surface area contributed by atoms with E-state index in [0.717, 1.165) is 28.2 Å². The molecule has 3 rings (SSSR count). The van der Waals surface area contributed by atoms with Crippen molar-refractivity contribution in [3.05, 3.63) is 53.1 Å². The number of carbonyl (C=O) groups excluding carboxylic acids is 1. The second-order valence-electron chi connectivity index (χ2n) is 5.65. The summed E-state index contributed by atoms with van der Waals surface area (Å²) in [6.07, 6.45) is 1.86. The number of benzene rings is 1. The molecule has 0 aliphatic carbocycles. The highest BCUT2D eigenvalue weighted by molar-refractivity contribution is 5.78. The Kier molecular flexibility index (Phi) is 4.37. The van der Waals surface area contributed by atoms with E-state index in [-0.39, 0.29) is 5.91 Å². The Hall–Kier alpha value is -3.03. The highest BCUT2D eigenvalue weighted by atomic mass is 16.1. The fraction of sp³-hybridized carbons (Fsp3) is 0.312. The zero-order valence-corrected chi connectivity index (χ0v) is 13.9. The molecule has 3 aromatic rings. The number of aryl methyl sites for hydroxylation is 2. The molecule has 0 saturated carbocycles. The normalized spacial score (nSPS) is 10.8. The first-order chi connectivity index (χ1) is 11.5. The summed E-state index contributed by atoms with van der Waals surface area (Å²) in [7, 11) is 1.90. The van der Waals surface area contributed by atoms with Crippen molar-refractivity contribution in [2.75, 3.05) is 0 Å². The van der Waals surface area contributed by atoms with E-state index in [4.69, 9.17) is 0 Å². The SMILES string of the molecule is Cc1nn(C)c(C)c1CNC(=O)Cc1ccc(-n2cnnn2)cc1. The van der Waals surface area contributed by atoms with Crippen LogP contribution in [0.3, 0.4) is 0 Å². The van der Waals surface area contributed by atoms with E-state index in [1.165, 1.54) is 6.33 Å². The molecule has 2 aromatic heterocycles. The smallest absolute Gasteiger partial charge is 0.224 e. The molecule has 0 fully saturated rings. The lowest BCUT2D eigenvalue weighted by Crippen LogP contribution is -2.25. The van der Waals surface area contributed by atoms with Gasteiger partial charge in [0.15, 0.2) is 0 Å². The molecule has 0 aliphatic rings. The molecule has 0 spiro atoms. The maximum atomic E-state index is 12.2. The molecule has 8 heteroatoms. The van der Waals surface area contributed by atoms with Crippen LogP contribution < -0.4 is 5.32 Å². The van der Waals surface area contributed by atoms with Crippen molar-refractivity contribution in [2.45, 2.75) is 26.8 Å². The second kappa shape index (κ2) is 6.61. The second-order valence-corrected chi connectivity index (χ2v) is 5.65. The van der Waals surface area contributed by atoms with Gasteiger partial charge >= 0.3 is 0 Å². The van der Waals surface area contributed by atoms with Crippen LogP contribution in [0, 0.1) is 13.8 Å². The van der Waals surface area contributed by atoms with Gasteiger partial charge in [-0.15, -0.1) is 5.10 Å². The van der Waals surface area contributed by atoms with Gasteiger partial charge in [-0.05, 0) is 42.0 Å². The summed E-state index contributed by atoms with van der Waals surface area (Å²) in [6, 6.07) is 7.57. The molecule has 0 radical (unpaired) electrons. The van der Waals surface area contributed by atoms with Gasteiger partial charge in [-0.3, -0.25) is 9.48 Å². The molecule has 0 bridgehead atoms. The average Bonchev–Trinajstić information content (AvgIpc) is 3.17. The van der Waals surface area contributed by atoms with Crippen LogP contribution in [0.5, 0.6) is 0 Å². The van der Waals surface area contributed by atoms with Crippen LogP contribution in [0.4, 0.5) is 0 Å². The first-order valence-electron chi connectivity index (χ1n) is 7.62. The Morgan fingerprint density at radius 2 is 1.96 bits per heavy atom. The van der Waals surface area contributed by atoms with Gasteiger partial charge < -0.3 is 5.32 Å². The minimum atomic E-state index is -0.0205. The first-order valence-corrected chi connectivity index (χ1v) is 7.62. The summed E-state index contributed by atoms with van der Waals surface area (Å²) < 4.78 is 3.40. The number of tetrazole rings is 1. The minimum absolute atomic E-state index is 0.0205. The Morgan fingerprint density at radius 1 is 1.21 bits per heavy atom. The molecule has 0 aliphatic heterocycles. The molecule has 24 heavy (non-hydrogen) atoms. The number of nitrogens with one attached hydrogen (secondary N) is 1. The van der Waals surface area contributed by atoms with E-state index >= 15 is 0 Å². The van der Waals surface area contributed by atoms with Gasteiger partial charge in [0.1, 0.15) is 6.33 Å². The van der Waals surface area contributed by atoms with Crippen LogP contribution in [-0.2, 0) is 24.8 Å². The lowest BCUT2D eigenvalue weighted by Gasteiger charge is -2.07. The maximum Gasteiger partial charge on any atom is 0.224 e. The molecule has 1 N–H and O–H groups in total. The molecular weight excluding hydrogens is 306 g/mol. The highest BCUT2D eigenvalue weighted by Crippen LogP contribution is 2.12. The Morgan fingerprint density at radius 3 is 2.54 bits per heavy atom. The molecule has 0 unspecified atom stereocenters. The van der Waals surface area contributed by atoms with Gasteiger partial charge in [-0.25, -0.2) is 4.68 Å². The van der Waals surface area contributed by atoms with Crippen LogP contribution in [0.1, 0.15) is 22.5 Å². The average molecular weight is 325 g/mol. The fourth-order valence-corrected chi connectivity index (χ4v) is 2.55. The van der Waals surface area contributed by atoms with Crippen molar-refractivity contribution >= 4 is 5.91 Å². The molecule has 0 atom stereocenters. The predicted octanol–water partition coefficient (Wildman–Crippen LogP) is 0.872. The highest BCUT2D eigenvalue weighted by Gasteiger charge is 2.11. The number of aromatic nitrogens is 6. The van der Waals surface area contributed by atoms with Crippen LogP contribution in [0.2, 0.25) is 0 Å². The molecular formula is C16H19N7O. The zero-order valence-electron chi connectivity index (χ0n) is 13.9. The fourth-order valence-electron chi connectivity index (χ4n) is 2.55. The Balaban J connectivity index is 1.59. The predicted molar refractivity (Wildman–Crippen MR) is 87.4 cm³/mol. The summed E-state index contributed by atoms with van der Waals surface area (Å²) in [5.74, 6) is -0.0205. The standard InChI is InChI=1S/C16H19N7O/c1-11-15(12(2)22(3)19-11)9-17-16(24)8-13-4-6-14(7-5-13)23-10-18-20-21-23/h4-7,10H,8-9H2,1-3H3,(H,17,24). The van der Waals surface area contributed by atoms with E-state index in [2.05, 4.69) is 25.9 Å². The first kappa shape index (κ1) is 15.9. The largest absolute Gasteiger partial charge is 0.352 e. The summed E-state index contributed by atoms with van der Waals surface area (Å²) in [5.41, 5.74) is 4.87. The monoisotopic (exact) mass is 325 g/mol. The van der Waals surface area contributed by atoms with Crippen LogP contribution in [0.15, 0.2) is 30.6 Å². The van der Waals surface area contributed by atoms with Crippen molar-refractivity contribution in [2.24, 2.45) is 7.05 Å². The van der Waals surface area contributed by atoms with Crippen molar-refractivity contribution in [3.63, 3.8) is 0 Å². The van der Waals surface area contributed by atoms with Crippen LogP contribution >= 0.6 is 0 Å². The Labute approximate surface area is 139 Å². The third kappa shape index (κ3) is 3.32. The summed E-state index contributed by atoms with van der Waals surface area (Å²) in [4.78, 5) is 12.2. The lowest BCUT2D eigenvalue weighted by molar-refractivity contribution is -0.120. The molecule has 0 saturated heterocycles. The molecule has 124 valence electrons. The molecule has 1 aromatic carbocycles. The summed E-state index contributed by atoms with van der Waals surface area (Å²) in [5, 5.41) is 18.3. The maximum absolute atomic E-state index is 12.2. The third-order valence-corrected chi connectivity index (χ3v) is 4.04. The van der Waals surface area contributed by atoms with E-state index in [1.807, 2.05) is 49.8 Å². The number of hydrogen-bond acceptors (Lipinski definition) is 5. The van der Waals surface area contributed by atoms with Crippen molar-refractivity contribution in [1.82, 2.24) is 35.3 Å². The van der Waals surface area contributed by atoms with Gasteiger partial charge in [-0.2, -0.15) is 5.10 Å². The Bertz CT molecular complexity index is 834. The number of carbonyl (C=O) groups is 1. The quantitative estimate of drug-likeness (QED) is 0.752. The topological polar surface area (TPSA) is 90.5 Å². The summed E-state index contributed by atoms with van der Waals surface area (Å²) >= 11 is 0. The number of hydrogen-bond donors (Lipinski definition) is 1. The number of amides is 1. The molecule has 8 nitrogen and oxygen atoms in total.